The van der Waals surface area contributed by atoms with E-state index in [2.05, 4.69) is 59.2 Å². The summed E-state index contributed by atoms with van der Waals surface area (Å²) in [5.41, 5.74) is 6.04. The van der Waals surface area contributed by atoms with Crippen molar-refractivity contribution in [1.82, 2.24) is 4.90 Å². The van der Waals surface area contributed by atoms with Gasteiger partial charge in [0.2, 0.25) is 5.91 Å². The van der Waals surface area contributed by atoms with Gasteiger partial charge in [0.1, 0.15) is 12.3 Å². The molecule has 8 heteroatoms. The van der Waals surface area contributed by atoms with Gasteiger partial charge >= 0.3 is 0 Å². The lowest BCUT2D eigenvalue weighted by molar-refractivity contribution is -0.117. The van der Waals surface area contributed by atoms with E-state index in [1.54, 1.807) is 7.11 Å². The van der Waals surface area contributed by atoms with Crippen LogP contribution < -0.4 is 24.0 Å². The number of fused-ring (bicyclic) bond motifs is 1. The molecule has 0 bridgehead atoms. The Morgan fingerprint density at radius 1 is 0.837 bits per heavy atom. The molecule has 0 aliphatic carbocycles. The Labute approximate surface area is 255 Å². The van der Waals surface area contributed by atoms with Crippen molar-refractivity contribution in [3.8, 4) is 17.2 Å². The van der Waals surface area contributed by atoms with Crippen molar-refractivity contribution >= 4 is 23.0 Å². The minimum atomic E-state index is -0.00664. The van der Waals surface area contributed by atoms with Gasteiger partial charge in [-0.25, -0.2) is 0 Å². The number of ether oxygens (including phenoxy) is 3. The first-order valence-electron chi connectivity index (χ1n) is 15.5. The molecule has 2 aliphatic heterocycles. The van der Waals surface area contributed by atoms with Gasteiger partial charge in [-0.05, 0) is 50.5 Å². The van der Waals surface area contributed by atoms with Crippen LogP contribution in [-0.2, 0) is 11.2 Å². The van der Waals surface area contributed by atoms with Crippen molar-refractivity contribution in [3.05, 3.63) is 77.4 Å². The maximum absolute atomic E-state index is 13.2. The SMILES string of the molecule is CCCN1C(=O)CN=C(c2ccc(CCN3CCN(c4cccc(OC)c4)CC3)cc2)c2cc(OCC)c(OCC)cc21. The van der Waals surface area contributed by atoms with Gasteiger partial charge in [-0.1, -0.05) is 37.3 Å². The topological polar surface area (TPSA) is 66.8 Å². The van der Waals surface area contributed by atoms with E-state index in [1.807, 2.05) is 36.9 Å². The van der Waals surface area contributed by atoms with Crippen LogP contribution in [0.25, 0.3) is 0 Å². The fraction of sp³-hybridized carbons (Fsp3) is 0.429. The van der Waals surface area contributed by atoms with Gasteiger partial charge in [0.05, 0.1) is 31.7 Å². The van der Waals surface area contributed by atoms with Crippen LogP contribution >= 0.6 is 0 Å². The summed E-state index contributed by atoms with van der Waals surface area (Å²) >= 11 is 0. The molecule has 2 heterocycles. The minimum Gasteiger partial charge on any atom is -0.497 e. The summed E-state index contributed by atoms with van der Waals surface area (Å²) in [6.45, 7) is 12.9. The first kappa shape index (κ1) is 30.4. The minimum absolute atomic E-state index is 0.00664. The standard InChI is InChI=1S/C35H44N4O4/c1-5-16-39-31-24-33(43-7-3)32(42-6-2)23-30(31)35(36-25-34(39)40)27-13-11-26(12-14-27)15-17-37-18-20-38(21-19-37)28-9-8-10-29(22-28)41-4/h8-14,22-24H,5-7,15-21,25H2,1-4H3. The summed E-state index contributed by atoms with van der Waals surface area (Å²) in [5.74, 6) is 2.21. The van der Waals surface area contributed by atoms with E-state index in [0.717, 1.165) is 73.8 Å². The summed E-state index contributed by atoms with van der Waals surface area (Å²) in [6, 6.07) is 20.9. The third kappa shape index (κ3) is 7.13. The number of rotatable bonds is 12. The van der Waals surface area contributed by atoms with Crippen molar-refractivity contribution in [2.45, 2.75) is 33.6 Å². The number of carbonyl (C=O) groups is 1. The molecule has 0 atom stereocenters. The number of hydrogen-bond acceptors (Lipinski definition) is 7. The van der Waals surface area contributed by atoms with Gasteiger partial charge in [0, 0.05) is 68.2 Å². The van der Waals surface area contributed by atoms with Crippen LogP contribution in [0.3, 0.4) is 0 Å². The summed E-state index contributed by atoms with van der Waals surface area (Å²) in [7, 11) is 1.71. The molecule has 0 radical (unpaired) electrons. The fourth-order valence-electron chi connectivity index (χ4n) is 5.82. The van der Waals surface area contributed by atoms with E-state index in [4.69, 9.17) is 19.2 Å². The normalized spacial score (nSPS) is 15.5. The van der Waals surface area contributed by atoms with E-state index < -0.39 is 0 Å². The molecule has 0 spiro atoms. The van der Waals surface area contributed by atoms with Crippen LogP contribution in [0.15, 0.2) is 65.7 Å². The Bertz CT molecular complexity index is 1410. The number of nitrogens with zero attached hydrogens (tertiary/aromatic N) is 4. The predicted octanol–water partition coefficient (Wildman–Crippen LogP) is 5.45. The van der Waals surface area contributed by atoms with Gasteiger partial charge in [0.15, 0.2) is 11.5 Å². The van der Waals surface area contributed by atoms with Gasteiger partial charge < -0.3 is 24.0 Å². The molecular weight excluding hydrogens is 540 g/mol. The molecule has 0 unspecified atom stereocenters. The Morgan fingerprint density at radius 3 is 2.23 bits per heavy atom. The van der Waals surface area contributed by atoms with Crippen molar-refractivity contribution in [2.75, 3.05) is 75.9 Å². The van der Waals surface area contributed by atoms with E-state index >= 15 is 0 Å². The second-order valence-corrected chi connectivity index (χ2v) is 10.9. The average molecular weight is 585 g/mol. The first-order chi connectivity index (χ1) is 21.0. The van der Waals surface area contributed by atoms with Crippen molar-refractivity contribution in [3.63, 3.8) is 0 Å². The van der Waals surface area contributed by atoms with Gasteiger partial charge in [-0.2, -0.15) is 0 Å². The number of anilines is 2. The molecule has 0 aromatic heterocycles. The summed E-state index contributed by atoms with van der Waals surface area (Å²) in [4.78, 5) is 24.8. The predicted molar refractivity (Wildman–Crippen MR) is 174 cm³/mol. The van der Waals surface area contributed by atoms with Crippen LogP contribution in [0.4, 0.5) is 11.4 Å². The number of benzodiazepines with no additional fused rings is 1. The zero-order chi connectivity index (χ0) is 30.2. The maximum Gasteiger partial charge on any atom is 0.248 e. The van der Waals surface area contributed by atoms with Gasteiger partial charge in [-0.15, -0.1) is 0 Å². The quantitative estimate of drug-likeness (QED) is 0.282. The summed E-state index contributed by atoms with van der Waals surface area (Å²) < 4.78 is 17.3. The number of carbonyl (C=O) groups excluding carboxylic acids is 1. The molecule has 8 nitrogen and oxygen atoms in total. The lowest BCUT2D eigenvalue weighted by Crippen LogP contribution is -2.47. The lowest BCUT2D eigenvalue weighted by Gasteiger charge is -2.36. The van der Waals surface area contributed by atoms with Crippen LogP contribution in [0.1, 0.15) is 43.9 Å². The number of benzene rings is 3. The highest BCUT2D eigenvalue weighted by Crippen LogP contribution is 2.38. The van der Waals surface area contributed by atoms with Crippen molar-refractivity contribution < 1.29 is 19.0 Å². The number of methoxy groups -OCH3 is 1. The number of piperazine rings is 1. The molecule has 3 aromatic rings. The zero-order valence-electron chi connectivity index (χ0n) is 26.0. The Balaban J connectivity index is 1.29. The molecule has 1 fully saturated rings. The molecule has 0 saturated carbocycles. The third-order valence-electron chi connectivity index (χ3n) is 8.06. The Kier molecular flexibility index (Phi) is 10.2. The van der Waals surface area contributed by atoms with Crippen molar-refractivity contribution in [1.29, 1.82) is 0 Å². The van der Waals surface area contributed by atoms with Gasteiger partial charge in [0.25, 0.3) is 0 Å². The molecule has 1 amide bonds. The first-order valence-corrected chi connectivity index (χ1v) is 15.5. The Morgan fingerprint density at radius 2 is 1.56 bits per heavy atom. The molecule has 1 saturated heterocycles. The molecule has 228 valence electrons. The van der Waals surface area contributed by atoms with E-state index in [9.17, 15) is 4.79 Å². The van der Waals surface area contributed by atoms with Crippen LogP contribution in [-0.4, -0.2) is 82.7 Å². The van der Waals surface area contributed by atoms with Gasteiger partial charge in [-0.3, -0.25) is 14.7 Å². The second-order valence-electron chi connectivity index (χ2n) is 10.9. The highest BCUT2D eigenvalue weighted by Gasteiger charge is 2.27. The molecule has 2 aliphatic rings. The van der Waals surface area contributed by atoms with E-state index in [0.29, 0.717) is 31.3 Å². The highest BCUT2D eigenvalue weighted by molar-refractivity contribution is 6.20. The monoisotopic (exact) mass is 584 g/mol. The third-order valence-corrected chi connectivity index (χ3v) is 8.06. The lowest BCUT2D eigenvalue weighted by atomic mass is 9.97. The number of amides is 1. The maximum atomic E-state index is 13.2. The fourth-order valence-corrected chi connectivity index (χ4v) is 5.82. The largest absolute Gasteiger partial charge is 0.497 e. The summed E-state index contributed by atoms with van der Waals surface area (Å²) in [5, 5.41) is 0. The van der Waals surface area contributed by atoms with E-state index in [-0.39, 0.29) is 12.5 Å². The van der Waals surface area contributed by atoms with Crippen LogP contribution in [0.2, 0.25) is 0 Å². The molecule has 5 rings (SSSR count). The second kappa shape index (κ2) is 14.4. The molecule has 3 aromatic carbocycles. The Hall–Kier alpha value is -4.04. The molecular formula is C35H44N4O4. The van der Waals surface area contributed by atoms with Crippen LogP contribution in [0, 0.1) is 0 Å². The highest BCUT2D eigenvalue weighted by atomic mass is 16.5. The zero-order valence-corrected chi connectivity index (χ0v) is 26.0. The molecule has 0 N–H and O–H groups in total. The average Bonchev–Trinajstić information content (AvgIpc) is 3.17. The smallest absolute Gasteiger partial charge is 0.248 e. The van der Waals surface area contributed by atoms with E-state index in [1.165, 1.54) is 11.3 Å². The van der Waals surface area contributed by atoms with Crippen LogP contribution in [0.5, 0.6) is 17.2 Å². The number of aliphatic imine (C=N–C) groups is 1. The number of hydrogen-bond donors (Lipinski definition) is 0. The summed E-state index contributed by atoms with van der Waals surface area (Å²) in [6.07, 6.45) is 1.83. The molecule has 43 heavy (non-hydrogen) atoms. The van der Waals surface area contributed by atoms with Crippen molar-refractivity contribution in [2.24, 2.45) is 4.99 Å².